The van der Waals surface area contributed by atoms with Crippen molar-refractivity contribution in [2.75, 3.05) is 47.4 Å². The molecule has 1 unspecified atom stereocenters. The van der Waals surface area contributed by atoms with E-state index in [9.17, 15) is 4.79 Å². The average Bonchev–Trinajstić information content (AvgIpc) is 2.40. The Bertz CT molecular complexity index is 295. The molecule has 1 N–H and O–H groups in total. The van der Waals surface area contributed by atoms with Crippen molar-refractivity contribution >= 4 is 5.97 Å². The van der Waals surface area contributed by atoms with Gasteiger partial charge in [0, 0.05) is 25.7 Å². The third kappa shape index (κ3) is 8.39. The molecule has 126 valence electrons. The van der Waals surface area contributed by atoms with Crippen molar-refractivity contribution in [3.63, 3.8) is 0 Å². The van der Waals surface area contributed by atoms with Gasteiger partial charge in [0.25, 0.3) is 0 Å². The molecule has 0 spiro atoms. The smallest absolute Gasteiger partial charge is 0.325 e. The van der Waals surface area contributed by atoms with Gasteiger partial charge in [-0.2, -0.15) is 0 Å². The van der Waals surface area contributed by atoms with E-state index >= 15 is 0 Å². The molecule has 0 rings (SSSR count). The van der Waals surface area contributed by atoms with E-state index < -0.39 is 5.54 Å². The molecule has 5 nitrogen and oxygen atoms in total. The average molecular weight is 301 g/mol. The molecule has 0 aliphatic carbocycles. The van der Waals surface area contributed by atoms with Crippen LogP contribution in [-0.4, -0.2) is 74.7 Å². The fourth-order valence-electron chi connectivity index (χ4n) is 2.47. The summed E-state index contributed by atoms with van der Waals surface area (Å²) in [5, 5.41) is 3.36. The number of likely N-dealkylation sites (N-methyl/N-ethyl adjacent to an activating group) is 1. The first-order valence-corrected chi connectivity index (χ1v) is 7.98. The SMILES string of the molecule is CCCN(CCN(C)C)CCC(C)(NC(C)C)C(=O)OC. The lowest BCUT2D eigenvalue weighted by atomic mass is 9.96. The van der Waals surface area contributed by atoms with Crippen molar-refractivity contribution in [1.82, 2.24) is 15.1 Å². The highest BCUT2D eigenvalue weighted by Gasteiger charge is 2.34. The van der Waals surface area contributed by atoms with Crippen LogP contribution in [0.2, 0.25) is 0 Å². The Kier molecular flexibility index (Phi) is 9.83. The van der Waals surface area contributed by atoms with Crippen molar-refractivity contribution in [2.45, 2.75) is 52.1 Å². The highest BCUT2D eigenvalue weighted by molar-refractivity contribution is 5.80. The summed E-state index contributed by atoms with van der Waals surface area (Å²) in [6.45, 7) is 12.3. The third-order valence-corrected chi connectivity index (χ3v) is 3.57. The van der Waals surface area contributed by atoms with E-state index in [-0.39, 0.29) is 12.0 Å². The lowest BCUT2D eigenvalue weighted by molar-refractivity contribution is -0.148. The lowest BCUT2D eigenvalue weighted by Gasteiger charge is -2.33. The van der Waals surface area contributed by atoms with Crippen molar-refractivity contribution < 1.29 is 9.53 Å². The maximum absolute atomic E-state index is 12.1. The molecule has 0 aromatic rings. The zero-order chi connectivity index (χ0) is 16.5. The number of esters is 1. The first-order chi connectivity index (χ1) is 9.75. The van der Waals surface area contributed by atoms with Crippen LogP contribution in [0.15, 0.2) is 0 Å². The molecule has 0 amide bonds. The largest absolute Gasteiger partial charge is 0.468 e. The van der Waals surface area contributed by atoms with Gasteiger partial charge in [0.1, 0.15) is 5.54 Å². The molecular weight excluding hydrogens is 266 g/mol. The predicted octanol–water partition coefficient (Wildman–Crippen LogP) is 1.58. The molecule has 0 aliphatic rings. The van der Waals surface area contributed by atoms with Crippen molar-refractivity contribution in [1.29, 1.82) is 0 Å². The Morgan fingerprint density at radius 3 is 2.24 bits per heavy atom. The van der Waals surface area contributed by atoms with E-state index in [0.29, 0.717) is 0 Å². The van der Waals surface area contributed by atoms with Crippen LogP contribution >= 0.6 is 0 Å². The molecular formula is C16H35N3O2. The zero-order valence-corrected chi connectivity index (χ0v) is 15.0. The molecule has 0 heterocycles. The van der Waals surface area contributed by atoms with Gasteiger partial charge < -0.3 is 14.5 Å². The summed E-state index contributed by atoms with van der Waals surface area (Å²) in [5.74, 6) is -0.180. The Hall–Kier alpha value is -0.650. The summed E-state index contributed by atoms with van der Waals surface area (Å²) in [6, 6.07) is 0.246. The maximum Gasteiger partial charge on any atom is 0.325 e. The summed E-state index contributed by atoms with van der Waals surface area (Å²) in [4.78, 5) is 16.7. The Labute approximate surface area is 131 Å². The predicted molar refractivity (Wildman–Crippen MR) is 88.6 cm³/mol. The van der Waals surface area contributed by atoms with Gasteiger partial charge in [-0.15, -0.1) is 0 Å². The van der Waals surface area contributed by atoms with Gasteiger partial charge in [-0.1, -0.05) is 6.92 Å². The van der Waals surface area contributed by atoms with Gasteiger partial charge in [0.15, 0.2) is 0 Å². The molecule has 1 atom stereocenters. The molecule has 0 bridgehead atoms. The van der Waals surface area contributed by atoms with Crippen molar-refractivity contribution in [3.05, 3.63) is 0 Å². The highest BCUT2D eigenvalue weighted by Crippen LogP contribution is 2.14. The number of carbonyl (C=O) groups is 1. The number of hydrogen-bond acceptors (Lipinski definition) is 5. The fraction of sp³-hybridized carbons (Fsp3) is 0.938. The summed E-state index contributed by atoms with van der Waals surface area (Å²) >= 11 is 0. The molecule has 0 aliphatic heterocycles. The first kappa shape index (κ1) is 20.3. The summed E-state index contributed by atoms with van der Waals surface area (Å²) < 4.78 is 4.98. The van der Waals surface area contributed by atoms with Gasteiger partial charge in [0.05, 0.1) is 7.11 Å². The standard InChI is InChI=1S/C16H35N3O2/c1-8-10-19(13-12-18(5)6)11-9-16(4,15(20)21-7)17-14(2)3/h14,17H,8-13H2,1-7H3. The normalized spacial score (nSPS) is 14.8. The molecule has 21 heavy (non-hydrogen) atoms. The molecule has 0 aromatic carbocycles. The second-order valence-corrected chi connectivity index (χ2v) is 6.52. The van der Waals surface area contributed by atoms with E-state index in [1.54, 1.807) is 0 Å². The first-order valence-electron chi connectivity index (χ1n) is 7.98. The maximum atomic E-state index is 12.1. The van der Waals surface area contributed by atoms with Crippen LogP contribution in [0.1, 0.15) is 40.5 Å². The molecule has 0 aromatic heterocycles. The van der Waals surface area contributed by atoms with Crippen LogP contribution in [0, 0.1) is 0 Å². The zero-order valence-electron chi connectivity index (χ0n) is 15.0. The van der Waals surface area contributed by atoms with E-state index in [0.717, 1.165) is 39.0 Å². The summed E-state index contributed by atoms with van der Waals surface area (Å²) in [7, 11) is 5.63. The number of methoxy groups -OCH3 is 1. The Morgan fingerprint density at radius 2 is 1.81 bits per heavy atom. The topological polar surface area (TPSA) is 44.8 Å². The van der Waals surface area contributed by atoms with Gasteiger partial charge in [-0.05, 0) is 54.3 Å². The molecule has 0 radical (unpaired) electrons. The van der Waals surface area contributed by atoms with E-state index in [1.165, 1.54) is 7.11 Å². The molecule has 0 saturated carbocycles. The van der Waals surface area contributed by atoms with Crippen LogP contribution in [0.5, 0.6) is 0 Å². The molecule has 0 saturated heterocycles. The number of ether oxygens (including phenoxy) is 1. The monoisotopic (exact) mass is 301 g/mol. The summed E-state index contributed by atoms with van der Waals surface area (Å²) in [5.41, 5.74) is -0.618. The van der Waals surface area contributed by atoms with E-state index in [1.807, 2.05) is 6.92 Å². The van der Waals surface area contributed by atoms with Crippen molar-refractivity contribution in [2.24, 2.45) is 0 Å². The summed E-state index contributed by atoms with van der Waals surface area (Å²) in [6.07, 6.45) is 1.88. The third-order valence-electron chi connectivity index (χ3n) is 3.57. The van der Waals surface area contributed by atoms with Crippen molar-refractivity contribution in [3.8, 4) is 0 Å². The van der Waals surface area contributed by atoms with Crippen LogP contribution in [0.25, 0.3) is 0 Å². The molecule has 0 fully saturated rings. The number of hydrogen-bond donors (Lipinski definition) is 1. The van der Waals surface area contributed by atoms with Crippen LogP contribution in [0.3, 0.4) is 0 Å². The Balaban J connectivity index is 4.63. The van der Waals surface area contributed by atoms with E-state index in [2.05, 4.69) is 50.0 Å². The van der Waals surface area contributed by atoms with Gasteiger partial charge >= 0.3 is 5.97 Å². The number of nitrogens with one attached hydrogen (secondary N) is 1. The number of rotatable bonds is 11. The lowest BCUT2D eigenvalue weighted by Crippen LogP contribution is -2.54. The van der Waals surface area contributed by atoms with E-state index in [4.69, 9.17) is 4.74 Å². The van der Waals surface area contributed by atoms with Gasteiger partial charge in [-0.3, -0.25) is 10.1 Å². The fourth-order valence-corrected chi connectivity index (χ4v) is 2.47. The van der Waals surface area contributed by atoms with Gasteiger partial charge in [0.2, 0.25) is 0 Å². The number of nitrogens with zero attached hydrogens (tertiary/aromatic N) is 2. The minimum absolute atomic E-state index is 0.180. The Morgan fingerprint density at radius 1 is 1.19 bits per heavy atom. The molecule has 5 heteroatoms. The van der Waals surface area contributed by atoms with Crippen LogP contribution in [-0.2, 0) is 9.53 Å². The second-order valence-electron chi connectivity index (χ2n) is 6.52. The minimum atomic E-state index is -0.618. The second kappa shape index (κ2) is 10.1. The number of carbonyl (C=O) groups excluding carboxylic acids is 1. The highest BCUT2D eigenvalue weighted by atomic mass is 16.5. The quantitative estimate of drug-likeness (QED) is 0.587. The van der Waals surface area contributed by atoms with Crippen LogP contribution < -0.4 is 5.32 Å². The minimum Gasteiger partial charge on any atom is -0.468 e. The van der Waals surface area contributed by atoms with Gasteiger partial charge in [-0.25, -0.2) is 0 Å². The van der Waals surface area contributed by atoms with Crippen LogP contribution in [0.4, 0.5) is 0 Å².